The second-order valence-corrected chi connectivity index (χ2v) is 10.2. The number of H-pyrrole nitrogens is 1. The largest absolute Gasteiger partial charge is 0.350 e. The predicted molar refractivity (Wildman–Crippen MR) is 150 cm³/mol. The normalized spacial score (nSPS) is 11.9. The minimum atomic E-state index is -0.969. The van der Waals surface area contributed by atoms with Gasteiger partial charge in [0.15, 0.2) is 0 Å². The number of aryl methyl sites for hydroxylation is 1. The van der Waals surface area contributed by atoms with Crippen LogP contribution in [0.5, 0.6) is 0 Å². The molecule has 0 aliphatic rings. The number of hydroxylamine groups is 1. The standard InChI is InChI=1S/C29H36N8O3/c1-4-5-10-26-30-16-22(17-31-28(38)25(15-19(2)3)29(39)34-40)37(26)18-20-11-13-21(14-12-20)23-8-6-7-9-24(23)27-32-35-36-33-27/h6-9,11-14,16,19,25,40H,4-5,10,15,17-18H2,1-3H3,(H,31,38)(H,34,39)(H,32,33,35,36). The number of aromatic amines is 1. The zero-order chi connectivity index (χ0) is 28.5. The van der Waals surface area contributed by atoms with Crippen LogP contribution < -0.4 is 10.8 Å². The minimum Gasteiger partial charge on any atom is -0.350 e. The highest BCUT2D eigenvalue weighted by Gasteiger charge is 2.27. The molecule has 2 aromatic heterocycles. The number of aromatic nitrogens is 6. The molecule has 2 amide bonds. The molecule has 11 nitrogen and oxygen atoms in total. The third kappa shape index (κ3) is 6.97. The molecule has 4 rings (SSSR count). The van der Waals surface area contributed by atoms with Gasteiger partial charge in [-0.3, -0.25) is 14.8 Å². The number of hydrogen-bond acceptors (Lipinski definition) is 7. The van der Waals surface area contributed by atoms with Gasteiger partial charge in [-0.05, 0) is 40.7 Å². The third-order valence-corrected chi connectivity index (χ3v) is 6.79. The number of tetrazole rings is 1. The van der Waals surface area contributed by atoms with Crippen LogP contribution in [0.4, 0.5) is 0 Å². The van der Waals surface area contributed by atoms with Gasteiger partial charge in [0.1, 0.15) is 11.7 Å². The van der Waals surface area contributed by atoms with Crippen LogP contribution in [0.3, 0.4) is 0 Å². The zero-order valence-electron chi connectivity index (χ0n) is 23.1. The lowest BCUT2D eigenvalue weighted by atomic mass is 9.95. The molecule has 0 aliphatic carbocycles. The maximum Gasteiger partial charge on any atom is 0.255 e. The number of amides is 2. The van der Waals surface area contributed by atoms with Crippen LogP contribution in [0.1, 0.15) is 57.1 Å². The van der Waals surface area contributed by atoms with Gasteiger partial charge < -0.3 is 9.88 Å². The Morgan fingerprint density at radius 3 is 2.45 bits per heavy atom. The summed E-state index contributed by atoms with van der Waals surface area (Å²) in [6.07, 6.45) is 4.98. The van der Waals surface area contributed by atoms with Crippen LogP contribution >= 0.6 is 0 Å². The smallest absolute Gasteiger partial charge is 0.255 e. The second-order valence-electron chi connectivity index (χ2n) is 10.2. The van der Waals surface area contributed by atoms with Gasteiger partial charge in [-0.1, -0.05) is 75.7 Å². The van der Waals surface area contributed by atoms with Crippen molar-refractivity contribution in [3.63, 3.8) is 0 Å². The Morgan fingerprint density at radius 1 is 1.05 bits per heavy atom. The van der Waals surface area contributed by atoms with E-state index in [9.17, 15) is 9.59 Å². The molecule has 4 N–H and O–H groups in total. The molecule has 0 bridgehead atoms. The van der Waals surface area contributed by atoms with Crippen LogP contribution in [-0.4, -0.2) is 47.2 Å². The Hall–Kier alpha value is -4.38. The molecule has 0 spiro atoms. The van der Waals surface area contributed by atoms with E-state index in [1.54, 1.807) is 11.7 Å². The summed E-state index contributed by atoms with van der Waals surface area (Å²) in [7, 11) is 0. The Labute approximate surface area is 233 Å². The predicted octanol–water partition coefficient (Wildman–Crippen LogP) is 3.91. The maximum absolute atomic E-state index is 12.9. The van der Waals surface area contributed by atoms with Crippen molar-refractivity contribution in [3.8, 4) is 22.5 Å². The van der Waals surface area contributed by atoms with Gasteiger partial charge in [0, 0.05) is 18.5 Å². The number of carbonyl (C=O) groups excluding carboxylic acids is 2. The van der Waals surface area contributed by atoms with Crippen molar-refractivity contribution in [2.24, 2.45) is 11.8 Å². The molecule has 2 aromatic carbocycles. The number of benzene rings is 2. The highest BCUT2D eigenvalue weighted by molar-refractivity contribution is 5.99. The lowest BCUT2D eigenvalue weighted by molar-refractivity contribution is -0.141. The summed E-state index contributed by atoms with van der Waals surface area (Å²) in [5, 5.41) is 26.4. The van der Waals surface area contributed by atoms with Gasteiger partial charge in [0.05, 0.1) is 18.4 Å². The molecule has 2 heterocycles. The first-order chi connectivity index (χ1) is 19.4. The zero-order valence-corrected chi connectivity index (χ0v) is 23.1. The van der Waals surface area contributed by atoms with Gasteiger partial charge in [-0.2, -0.15) is 5.21 Å². The Balaban J connectivity index is 1.53. The monoisotopic (exact) mass is 544 g/mol. The van der Waals surface area contributed by atoms with E-state index in [1.165, 1.54) is 0 Å². The lowest BCUT2D eigenvalue weighted by Gasteiger charge is -2.18. The minimum absolute atomic E-state index is 0.112. The number of hydrogen-bond donors (Lipinski definition) is 4. The maximum atomic E-state index is 12.9. The first-order valence-electron chi connectivity index (χ1n) is 13.6. The van der Waals surface area contributed by atoms with Crippen LogP contribution in [0.15, 0.2) is 54.7 Å². The van der Waals surface area contributed by atoms with E-state index < -0.39 is 17.7 Å². The van der Waals surface area contributed by atoms with E-state index in [0.717, 1.165) is 53.0 Å². The molecular weight excluding hydrogens is 508 g/mol. The molecule has 0 saturated heterocycles. The molecule has 1 unspecified atom stereocenters. The molecule has 1 atom stereocenters. The first-order valence-corrected chi connectivity index (χ1v) is 13.6. The van der Waals surface area contributed by atoms with Gasteiger partial charge in [-0.25, -0.2) is 10.5 Å². The summed E-state index contributed by atoms with van der Waals surface area (Å²) >= 11 is 0. The van der Waals surface area contributed by atoms with Crippen molar-refractivity contribution < 1.29 is 14.8 Å². The van der Waals surface area contributed by atoms with E-state index in [-0.39, 0.29) is 12.5 Å². The molecule has 0 fully saturated rings. The summed E-state index contributed by atoms with van der Waals surface area (Å²) in [5.41, 5.74) is 6.48. The Morgan fingerprint density at radius 2 is 1.80 bits per heavy atom. The van der Waals surface area contributed by atoms with Crippen LogP contribution in [0.2, 0.25) is 0 Å². The molecule has 4 aromatic rings. The lowest BCUT2D eigenvalue weighted by Crippen LogP contribution is -2.41. The fourth-order valence-electron chi connectivity index (χ4n) is 4.68. The van der Waals surface area contributed by atoms with Crippen molar-refractivity contribution in [1.29, 1.82) is 0 Å². The summed E-state index contributed by atoms with van der Waals surface area (Å²) < 4.78 is 2.13. The van der Waals surface area contributed by atoms with Crippen LogP contribution in [-0.2, 0) is 29.1 Å². The van der Waals surface area contributed by atoms with Gasteiger partial charge in [-0.15, -0.1) is 10.2 Å². The quantitative estimate of drug-likeness (QED) is 0.113. The topological polar surface area (TPSA) is 151 Å². The van der Waals surface area contributed by atoms with Crippen molar-refractivity contribution in [2.45, 2.75) is 59.5 Å². The van der Waals surface area contributed by atoms with Crippen LogP contribution in [0, 0.1) is 11.8 Å². The number of carbonyl (C=O) groups is 2. The second kappa shape index (κ2) is 13.6. The van der Waals surface area contributed by atoms with E-state index in [1.807, 2.05) is 38.1 Å². The van der Waals surface area contributed by atoms with E-state index >= 15 is 0 Å². The Kier molecular flexibility index (Phi) is 9.74. The van der Waals surface area contributed by atoms with E-state index in [0.29, 0.717) is 18.8 Å². The number of rotatable bonds is 13. The van der Waals surface area contributed by atoms with E-state index in [4.69, 9.17) is 5.21 Å². The third-order valence-electron chi connectivity index (χ3n) is 6.79. The number of imidazole rings is 1. The first kappa shape index (κ1) is 28.6. The summed E-state index contributed by atoms with van der Waals surface area (Å²) in [6.45, 7) is 6.80. The molecule has 11 heteroatoms. The molecule has 0 aliphatic heterocycles. The number of nitrogens with zero attached hydrogens (tertiary/aromatic N) is 5. The fourth-order valence-corrected chi connectivity index (χ4v) is 4.68. The van der Waals surface area contributed by atoms with Crippen molar-refractivity contribution in [3.05, 3.63) is 71.8 Å². The summed E-state index contributed by atoms with van der Waals surface area (Å²) in [5.74, 6) is -0.496. The molecule has 0 saturated carbocycles. The van der Waals surface area contributed by atoms with Crippen molar-refractivity contribution in [2.75, 3.05) is 0 Å². The summed E-state index contributed by atoms with van der Waals surface area (Å²) in [4.78, 5) is 29.6. The SMILES string of the molecule is CCCCc1ncc(CNC(=O)C(CC(C)C)C(=O)NO)n1Cc1ccc(-c2ccccc2-c2nn[nH]n2)cc1. The van der Waals surface area contributed by atoms with Gasteiger partial charge >= 0.3 is 0 Å². The molecule has 40 heavy (non-hydrogen) atoms. The average molecular weight is 545 g/mol. The Bertz CT molecular complexity index is 1400. The van der Waals surface area contributed by atoms with Crippen molar-refractivity contribution >= 4 is 11.8 Å². The van der Waals surface area contributed by atoms with E-state index in [2.05, 4.69) is 66.7 Å². The number of nitrogens with one attached hydrogen (secondary N) is 3. The van der Waals surface area contributed by atoms with Gasteiger partial charge in [0.25, 0.3) is 5.91 Å². The highest BCUT2D eigenvalue weighted by Crippen LogP contribution is 2.30. The number of unbranched alkanes of at least 4 members (excludes halogenated alkanes) is 1. The molecule has 210 valence electrons. The van der Waals surface area contributed by atoms with Crippen molar-refractivity contribution in [1.82, 2.24) is 41.0 Å². The molecular formula is C29H36N8O3. The van der Waals surface area contributed by atoms with Gasteiger partial charge in [0.2, 0.25) is 11.7 Å². The summed E-state index contributed by atoms with van der Waals surface area (Å²) in [6, 6.07) is 16.2. The van der Waals surface area contributed by atoms with Crippen LogP contribution in [0.25, 0.3) is 22.5 Å². The highest BCUT2D eigenvalue weighted by atomic mass is 16.5. The fraction of sp³-hybridized carbons (Fsp3) is 0.379. The molecule has 0 radical (unpaired) electrons. The average Bonchev–Trinajstić information content (AvgIpc) is 3.64.